The lowest BCUT2D eigenvalue weighted by atomic mass is 10.2. The summed E-state index contributed by atoms with van der Waals surface area (Å²) in [6.45, 7) is 0. The van der Waals surface area contributed by atoms with Gasteiger partial charge in [0, 0.05) is 22.8 Å². The predicted octanol–water partition coefficient (Wildman–Crippen LogP) is 3.59. The average Bonchev–Trinajstić information content (AvgIpc) is 2.45. The van der Waals surface area contributed by atoms with E-state index in [1.54, 1.807) is 0 Å². The highest BCUT2D eigenvalue weighted by Gasteiger charge is 2.14. The molecule has 0 radical (unpaired) electrons. The van der Waals surface area contributed by atoms with Crippen molar-refractivity contribution in [2.75, 3.05) is 0 Å². The molecular formula is C14H11NO4S. The molecule has 0 unspecified atom stereocenters. The second-order valence-electron chi connectivity index (χ2n) is 4.05. The van der Waals surface area contributed by atoms with Crippen LogP contribution in [-0.4, -0.2) is 16.0 Å². The van der Waals surface area contributed by atoms with E-state index in [9.17, 15) is 14.9 Å². The minimum Gasteiger partial charge on any atom is -0.478 e. The molecule has 6 heteroatoms. The lowest BCUT2D eigenvalue weighted by Crippen LogP contribution is -1.98. The summed E-state index contributed by atoms with van der Waals surface area (Å²) in [5.41, 5.74) is 0.788. The fourth-order valence-electron chi connectivity index (χ4n) is 1.64. The third kappa shape index (κ3) is 3.58. The first-order chi connectivity index (χ1) is 9.56. The Kier molecular flexibility index (Phi) is 4.37. The number of nitro benzene ring substituents is 1. The van der Waals surface area contributed by atoms with Crippen molar-refractivity contribution in [1.29, 1.82) is 0 Å². The van der Waals surface area contributed by atoms with Gasteiger partial charge in [0.25, 0.3) is 5.69 Å². The summed E-state index contributed by atoms with van der Waals surface area (Å²) in [7, 11) is 0. The van der Waals surface area contributed by atoms with Gasteiger partial charge >= 0.3 is 5.97 Å². The molecule has 20 heavy (non-hydrogen) atoms. The first kappa shape index (κ1) is 14.1. The summed E-state index contributed by atoms with van der Waals surface area (Å²) in [5.74, 6) is -0.545. The van der Waals surface area contributed by atoms with E-state index in [0.29, 0.717) is 10.6 Å². The number of non-ortho nitro benzene ring substituents is 1. The third-order valence-corrected chi connectivity index (χ3v) is 3.64. The number of hydrogen-bond donors (Lipinski definition) is 1. The van der Waals surface area contributed by atoms with Gasteiger partial charge < -0.3 is 5.11 Å². The van der Waals surface area contributed by atoms with Gasteiger partial charge in [-0.3, -0.25) is 10.1 Å². The van der Waals surface area contributed by atoms with E-state index < -0.39 is 10.9 Å². The van der Waals surface area contributed by atoms with E-state index in [1.807, 2.05) is 30.3 Å². The molecule has 5 nitrogen and oxygen atoms in total. The fourth-order valence-corrected chi connectivity index (χ4v) is 2.58. The third-order valence-electron chi connectivity index (χ3n) is 2.60. The van der Waals surface area contributed by atoms with Gasteiger partial charge in [-0.05, 0) is 11.6 Å². The average molecular weight is 289 g/mol. The molecule has 0 aliphatic heterocycles. The van der Waals surface area contributed by atoms with Crippen molar-refractivity contribution in [1.82, 2.24) is 0 Å². The lowest BCUT2D eigenvalue weighted by molar-refractivity contribution is -0.385. The summed E-state index contributed by atoms with van der Waals surface area (Å²) in [5, 5.41) is 19.8. The summed E-state index contributed by atoms with van der Waals surface area (Å²) in [6, 6.07) is 13.5. The molecule has 0 saturated carbocycles. The van der Waals surface area contributed by atoms with Gasteiger partial charge in [0.15, 0.2) is 0 Å². The predicted molar refractivity (Wildman–Crippen MR) is 76.1 cm³/mol. The van der Waals surface area contributed by atoms with E-state index in [0.717, 1.165) is 11.6 Å². The number of nitrogens with zero attached hydrogens (tertiary/aromatic N) is 1. The van der Waals surface area contributed by atoms with Crippen molar-refractivity contribution in [2.45, 2.75) is 10.6 Å². The minimum absolute atomic E-state index is 0.0743. The highest BCUT2D eigenvalue weighted by molar-refractivity contribution is 7.98. The minimum atomic E-state index is -1.17. The number of carboxylic acid groups (broad SMARTS) is 1. The molecule has 0 atom stereocenters. The normalized spacial score (nSPS) is 10.2. The Hall–Kier alpha value is -2.34. The zero-order valence-electron chi connectivity index (χ0n) is 10.4. The molecular weight excluding hydrogens is 278 g/mol. The van der Waals surface area contributed by atoms with Crippen molar-refractivity contribution < 1.29 is 14.8 Å². The van der Waals surface area contributed by atoms with E-state index in [-0.39, 0.29) is 11.3 Å². The molecule has 0 heterocycles. The van der Waals surface area contributed by atoms with Gasteiger partial charge in [-0.25, -0.2) is 4.79 Å². The Balaban J connectivity index is 2.22. The maximum Gasteiger partial charge on any atom is 0.335 e. The molecule has 0 aliphatic rings. The van der Waals surface area contributed by atoms with Gasteiger partial charge in [0.05, 0.1) is 10.5 Å². The van der Waals surface area contributed by atoms with E-state index in [1.165, 1.54) is 23.9 Å². The first-order valence-corrected chi connectivity index (χ1v) is 6.74. The standard InChI is InChI=1S/C14H11NO4S/c16-14(17)11-6-12(15(18)19)8-13(7-11)20-9-10-4-2-1-3-5-10/h1-8H,9H2,(H,16,17). The number of hydrogen-bond acceptors (Lipinski definition) is 4. The Morgan fingerprint density at radius 3 is 2.50 bits per heavy atom. The van der Waals surface area contributed by atoms with Crippen LogP contribution in [0.25, 0.3) is 0 Å². The van der Waals surface area contributed by atoms with Crippen LogP contribution in [0, 0.1) is 10.1 Å². The van der Waals surface area contributed by atoms with Crippen LogP contribution in [0.2, 0.25) is 0 Å². The molecule has 0 fully saturated rings. The smallest absolute Gasteiger partial charge is 0.335 e. The largest absolute Gasteiger partial charge is 0.478 e. The molecule has 0 bridgehead atoms. The molecule has 2 rings (SSSR count). The number of carboxylic acids is 1. The van der Waals surface area contributed by atoms with E-state index in [2.05, 4.69) is 0 Å². The molecule has 0 amide bonds. The molecule has 0 aliphatic carbocycles. The Bertz CT molecular complexity index is 611. The molecule has 0 saturated heterocycles. The quantitative estimate of drug-likeness (QED) is 0.517. The topological polar surface area (TPSA) is 80.4 Å². The zero-order chi connectivity index (χ0) is 14.5. The number of rotatable bonds is 5. The van der Waals surface area contributed by atoms with Crippen LogP contribution >= 0.6 is 11.8 Å². The van der Waals surface area contributed by atoms with Crippen LogP contribution in [0.5, 0.6) is 0 Å². The molecule has 1 N–H and O–H groups in total. The van der Waals surface area contributed by atoms with Crippen LogP contribution in [0.3, 0.4) is 0 Å². The molecule has 0 aromatic heterocycles. The molecule has 2 aromatic carbocycles. The van der Waals surface area contributed by atoms with Crippen LogP contribution in [-0.2, 0) is 5.75 Å². The highest BCUT2D eigenvalue weighted by atomic mass is 32.2. The second kappa shape index (κ2) is 6.21. The van der Waals surface area contributed by atoms with E-state index in [4.69, 9.17) is 5.11 Å². The van der Waals surface area contributed by atoms with Crippen LogP contribution in [0.15, 0.2) is 53.4 Å². The van der Waals surface area contributed by atoms with Gasteiger partial charge in [-0.15, -0.1) is 11.8 Å². The van der Waals surface area contributed by atoms with Crippen LogP contribution in [0.4, 0.5) is 5.69 Å². The maximum atomic E-state index is 11.0. The Labute approximate surface area is 119 Å². The molecule has 0 spiro atoms. The summed E-state index contributed by atoms with van der Waals surface area (Å²) in [4.78, 5) is 21.8. The van der Waals surface area contributed by atoms with Gasteiger partial charge in [0.1, 0.15) is 0 Å². The maximum absolute atomic E-state index is 11.0. The molecule has 102 valence electrons. The summed E-state index contributed by atoms with van der Waals surface area (Å²) < 4.78 is 0. The lowest BCUT2D eigenvalue weighted by Gasteiger charge is -2.04. The number of aromatic carboxylic acids is 1. The van der Waals surface area contributed by atoms with Crippen LogP contribution in [0.1, 0.15) is 15.9 Å². The SMILES string of the molecule is O=C(O)c1cc(SCc2ccccc2)cc([N+](=O)[O-])c1. The van der Waals surface area contributed by atoms with Gasteiger partial charge in [-0.2, -0.15) is 0 Å². The number of carbonyl (C=O) groups is 1. The number of nitro groups is 1. The summed E-state index contributed by atoms with van der Waals surface area (Å²) in [6.07, 6.45) is 0. The fraction of sp³-hybridized carbons (Fsp3) is 0.0714. The van der Waals surface area contributed by atoms with E-state index >= 15 is 0 Å². The summed E-state index contributed by atoms with van der Waals surface area (Å²) >= 11 is 1.37. The zero-order valence-corrected chi connectivity index (χ0v) is 11.2. The number of benzene rings is 2. The van der Waals surface area contributed by atoms with Crippen molar-refractivity contribution in [3.05, 3.63) is 69.8 Å². The molecule has 2 aromatic rings. The Morgan fingerprint density at radius 2 is 1.90 bits per heavy atom. The van der Waals surface area contributed by atoms with Crippen molar-refractivity contribution in [3.8, 4) is 0 Å². The first-order valence-electron chi connectivity index (χ1n) is 5.76. The highest BCUT2D eigenvalue weighted by Crippen LogP contribution is 2.28. The monoisotopic (exact) mass is 289 g/mol. The van der Waals surface area contributed by atoms with Crippen molar-refractivity contribution in [3.63, 3.8) is 0 Å². The van der Waals surface area contributed by atoms with Crippen molar-refractivity contribution in [2.24, 2.45) is 0 Å². The van der Waals surface area contributed by atoms with Crippen LogP contribution < -0.4 is 0 Å². The Morgan fingerprint density at radius 1 is 1.20 bits per heavy atom. The number of thioether (sulfide) groups is 1. The van der Waals surface area contributed by atoms with Gasteiger partial charge in [-0.1, -0.05) is 30.3 Å². The van der Waals surface area contributed by atoms with Gasteiger partial charge in [0.2, 0.25) is 0 Å². The van der Waals surface area contributed by atoms with Crippen molar-refractivity contribution >= 4 is 23.4 Å². The second-order valence-corrected chi connectivity index (χ2v) is 5.10.